The van der Waals surface area contributed by atoms with Crippen LogP contribution in [0.15, 0.2) is 24.3 Å². The molecule has 1 unspecified atom stereocenters. The van der Waals surface area contributed by atoms with Crippen molar-refractivity contribution >= 4 is 5.97 Å². The van der Waals surface area contributed by atoms with Crippen LogP contribution in [0.1, 0.15) is 35.2 Å². The van der Waals surface area contributed by atoms with Crippen LogP contribution >= 0.6 is 0 Å². The van der Waals surface area contributed by atoms with Crippen LogP contribution in [0.5, 0.6) is 0 Å². The molecule has 2 N–H and O–H groups in total. The van der Waals surface area contributed by atoms with Gasteiger partial charge in [0.25, 0.3) is 0 Å². The van der Waals surface area contributed by atoms with Crippen molar-refractivity contribution in [2.24, 2.45) is 0 Å². The zero-order valence-corrected chi connectivity index (χ0v) is 11.0. The van der Waals surface area contributed by atoms with E-state index in [1.165, 1.54) is 25.8 Å². The number of carboxylic acids is 1. The topological polar surface area (TPSA) is 52.6 Å². The van der Waals surface area contributed by atoms with E-state index >= 15 is 0 Å². The largest absolute Gasteiger partial charge is 0.478 e. The molecule has 102 valence electrons. The van der Waals surface area contributed by atoms with Crippen LogP contribution in [-0.4, -0.2) is 41.1 Å². The highest BCUT2D eigenvalue weighted by Crippen LogP contribution is 2.29. The van der Waals surface area contributed by atoms with Crippen LogP contribution < -0.4 is 5.32 Å². The molecule has 1 aromatic carbocycles. The molecule has 1 heterocycles. The Hall–Kier alpha value is -1.39. The highest BCUT2D eigenvalue weighted by Gasteiger charge is 2.33. The first-order valence-electron chi connectivity index (χ1n) is 7.02. The van der Waals surface area contributed by atoms with Crippen molar-refractivity contribution in [3.63, 3.8) is 0 Å². The van der Waals surface area contributed by atoms with Gasteiger partial charge in [0, 0.05) is 31.7 Å². The second-order valence-corrected chi connectivity index (χ2v) is 5.59. The first-order chi connectivity index (χ1) is 9.22. The number of likely N-dealkylation sites (tertiary alicyclic amines) is 1. The molecule has 3 rings (SSSR count). The van der Waals surface area contributed by atoms with E-state index in [1.54, 1.807) is 12.1 Å². The molecule has 1 aromatic rings. The second-order valence-electron chi connectivity index (χ2n) is 5.59. The van der Waals surface area contributed by atoms with E-state index in [0.717, 1.165) is 24.7 Å². The van der Waals surface area contributed by atoms with Crippen LogP contribution in [0.3, 0.4) is 0 Å². The molecule has 4 nitrogen and oxygen atoms in total. The number of nitrogens with one attached hydrogen (secondary N) is 1. The summed E-state index contributed by atoms with van der Waals surface area (Å²) >= 11 is 0. The molecule has 0 bridgehead atoms. The van der Waals surface area contributed by atoms with E-state index in [0.29, 0.717) is 11.6 Å². The third kappa shape index (κ3) is 3.14. The molecule has 0 spiro atoms. The molecule has 1 aliphatic heterocycles. The maximum atomic E-state index is 10.8. The lowest BCUT2D eigenvalue weighted by atomic mass is 10.1. The Morgan fingerprint density at radius 3 is 2.63 bits per heavy atom. The SMILES string of the molecule is O=C(O)c1ccc(CNC2CCN(C3CC3)C2)cc1. The Kier molecular flexibility index (Phi) is 3.53. The van der Waals surface area contributed by atoms with Gasteiger partial charge in [0.2, 0.25) is 0 Å². The molecule has 4 heteroatoms. The van der Waals surface area contributed by atoms with Crippen LogP contribution in [0.4, 0.5) is 0 Å². The Labute approximate surface area is 113 Å². The van der Waals surface area contributed by atoms with Crippen LogP contribution in [-0.2, 0) is 6.54 Å². The van der Waals surface area contributed by atoms with Crippen molar-refractivity contribution < 1.29 is 9.90 Å². The lowest BCUT2D eigenvalue weighted by Gasteiger charge is -2.15. The van der Waals surface area contributed by atoms with E-state index in [1.807, 2.05) is 12.1 Å². The Morgan fingerprint density at radius 1 is 1.26 bits per heavy atom. The van der Waals surface area contributed by atoms with Crippen molar-refractivity contribution in [1.82, 2.24) is 10.2 Å². The number of nitrogens with zero attached hydrogens (tertiary/aromatic N) is 1. The lowest BCUT2D eigenvalue weighted by molar-refractivity contribution is 0.0697. The molecule has 1 saturated heterocycles. The number of rotatable bonds is 5. The maximum Gasteiger partial charge on any atom is 0.335 e. The first-order valence-corrected chi connectivity index (χ1v) is 7.02. The van der Waals surface area contributed by atoms with E-state index in [4.69, 9.17) is 5.11 Å². The standard InChI is InChI=1S/C15H20N2O2/c18-15(19)12-3-1-11(2-4-12)9-16-13-7-8-17(10-13)14-5-6-14/h1-4,13-14,16H,5-10H2,(H,18,19). The quantitative estimate of drug-likeness (QED) is 0.846. The normalized spacial score (nSPS) is 23.7. The second kappa shape index (κ2) is 5.31. The summed E-state index contributed by atoms with van der Waals surface area (Å²) in [5, 5.41) is 12.4. The van der Waals surface area contributed by atoms with E-state index < -0.39 is 5.97 Å². The number of carbonyl (C=O) groups is 1. The minimum absolute atomic E-state index is 0.351. The van der Waals surface area contributed by atoms with Crippen LogP contribution in [0, 0.1) is 0 Å². The van der Waals surface area contributed by atoms with Gasteiger partial charge in [0.15, 0.2) is 0 Å². The van der Waals surface area contributed by atoms with E-state index in [2.05, 4.69) is 10.2 Å². The molecular formula is C15H20N2O2. The maximum absolute atomic E-state index is 10.8. The predicted molar refractivity (Wildman–Crippen MR) is 73.2 cm³/mol. The summed E-state index contributed by atoms with van der Waals surface area (Å²) < 4.78 is 0. The molecule has 1 atom stereocenters. The van der Waals surface area contributed by atoms with Gasteiger partial charge in [-0.05, 0) is 37.0 Å². The average Bonchev–Trinajstić information content (AvgIpc) is 3.16. The summed E-state index contributed by atoms with van der Waals surface area (Å²) in [6.45, 7) is 3.21. The number of hydrogen-bond acceptors (Lipinski definition) is 3. The first kappa shape index (κ1) is 12.6. The Morgan fingerprint density at radius 2 is 2.00 bits per heavy atom. The molecule has 0 radical (unpaired) electrons. The fraction of sp³-hybridized carbons (Fsp3) is 0.533. The molecule has 2 fully saturated rings. The summed E-state index contributed by atoms with van der Waals surface area (Å²) in [5.74, 6) is -0.865. The van der Waals surface area contributed by atoms with Gasteiger partial charge in [0.05, 0.1) is 5.56 Å². The van der Waals surface area contributed by atoms with E-state index in [9.17, 15) is 4.79 Å². The fourth-order valence-corrected chi connectivity index (χ4v) is 2.75. The van der Waals surface area contributed by atoms with Gasteiger partial charge in [-0.1, -0.05) is 12.1 Å². The van der Waals surface area contributed by atoms with Gasteiger partial charge in [-0.15, -0.1) is 0 Å². The summed E-state index contributed by atoms with van der Waals surface area (Å²) in [5.41, 5.74) is 1.50. The fourth-order valence-electron chi connectivity index (χ4n) is 2.75. The zero-order chi connectivity index (χ0) is 13.2. The number of carboxylic acid groups (broad SMARTS) is 1. The molecule has 1 saturated carbocycles. The number of hydrogen-bond donors (Lipinski definition) is 2. The zero-order valence-electron chi connectivity index (χ0n) is 11.0. The molecule has 2 aliphatic rings. The highest BCUT2D eigenvalue weighted by molar-refractivity contribution is 5.87. The van der Waals surface area contributed by atoms with Crippen LogP contribution in [0.25, 0.3) is 0 Å². The van der Waals surface area contributed by atoms with Gasteiger partial charge in [-0.2, -0.15) is 0 Å². The molecule has 19 heavy (non-hydrogen) atoms. The van der Waals surface area contributed by atoms with Crippen molar-refractivity contribution in [2.45, 2.75) is 37.9 Å². The number of aromatic carboxylic acids is 1. The van der Waals surface area contributed by atoms with Gasteiger partial charge in [-0.3, -0.25) is 4.90 Å². The molecule has 0 amide bonds. The molecular weight excluding hydrogens is 240 g/mol. The summed E-state index contributed by atoms with van der Waals surface area (Å²) in [7, 11) is 0. The van der Waals surface area contributed by atoms with Crippen molar-refractivity contribution in [2.75, 3.05) is 13.1 Å². The van der Waals surface area contributed by atoms with Crippen LogP contribution in [0.2, 0.25) is 0 Å². The smallest absolute Gasteiger partial charge is 0.335 e. The summed E-state index contributed by atoms with van der Waals surface area (Å²) in [6.07, 6.45) is 3.98. The number of benzene rings is 1. The van der Waals surface area contributed by atoms with Crippen molar-refractivity contribution in [1.29, 1.82) is 0 Å². The minimum atomic E-state index is -0.865. The highest BCUT2D eigenvalue weighted by atomic mass is 16.4. The summed E-state index contributed by atoms with van der Waals surface area (Å²) in [6, 6.07) is 8.57. The lowest BCUT2D eigenvalue weighted by Crippen LogP contribution is -2.32. The van der Waals surface area contributed by atoms with Gasteiger partial charge >= 0.3 is 5.97 Å². The minimum Gasteiger partial charge on any atom is -0.478 e. The monoisotopic (exact) mass is 260 g/mol. The molecule has 1 aliphatic carbocycles. The predicted octanol–water partition coefficient (Wildman–Crippen LogP) is 1.71. The third-order valence-electron chi connectivity index (χ3n) is 4.08. The van der Waals surface area contributed by atoms with E-state index in [-0.39, 0.29) is 0 Å². The Bertz CT molecular complexity index is 454. The third-order valence-corrected chi connectivity index (χ3v) is 4.08. The molecule has 0 aromatic heterocycles. The van der Waals surface area contributed by atoms with Gasteiger partial charge < -0.3 is 10.4 Å². The Balaban J connectivity index is 1.48. The summed E-state index contributed by atoms with van der Waals surface area (Å²) in [4.78, 5) is 13.4. The average molecular weight is 260 g/mol. The van der Waals surface area contributed by atoms with Gasteiger partial charge in [-0.25, -0.2) is 4.79 Å². The van der Waals surface area contributed by atoms with Crippen molar-refractivity contribution in [3.8, 4) is 0 Å². The van der Waals surface area contributed by atoms with Crippen molar-refractivity contribution in [3.05, 3.63) is 35.4 Å². The van der Waals surface area contributed by atoms with Gasteiger partial charge in [0.1, 0.15) is 0 Å².